The van der Waals surface area contributed by atoms with Gasteiger partial charge in [0.15, 0.2) is 5.82 Å². The van der Waals surface area contributed by atoms with Crippen LogP contribution in [0.25, 0.3) is 10.7 Å². The van der Waals surface area contributed by atoms with Gasteiger partial charge in [0.05, 0.1) is 9.21 Å². The van der Waals surface area contributed by atoms with E-state index in [1.54, 1.807) is 12.1 Å². The van der Waals surface area contributed by atoms with Gasteiger partial charge in [-0.1, -0.05) is 11.6 Å². The Morgan fingerprint density at radius 2 is 1.93 bits per heavy atom. The average Bonchev–Trinajstić information content (AvgIpc) is 2.50. The van der Waals surface area contributed by atoms with Crippen molar-refractivity contribution in [2.75, 3.05) is 5.73 Å². The van der Waals surface area contributed by atoms with Gasteiger partial charge >= 0.3 is 0 Å². The summed E-state index contributed by atoms with van der Waals surface area (Å²) in [4.78, 5) is 12.3. The summed E-state index contributed by atoms with van der Waals surface area (Å²) >= 11 is 12.8. The van der Waals surface area contributed by atoms with E-state index < -0.39 is 0 Å². The Hall–Kier alpha value is -0.910. The molecular formula is C7H4Cl2N4S. The molecule has 0 amide bonds. The van der Waals surface area contributed by atoms with Gasteiger partial charge in [0.2, 0.25) is 11.2 Å². The number of hydrogen-bond donors (Lipinski definition) is 1. The van der Waals surface area contributed by atoms with E-state index in [4.69, 9.17) is 28.9 Å². The molecule has 2 rings (SSSR count). The molecule has 2 heterocycles. The lowest BCUT2D eigenvalue weighted by Gasteiger charge is -1.97. The largest absolute Gasteiger partial charge is 0.368 e. The third-order valence-corrected chi connectivity index (χ3v) is 2.82. The maximum atomic E-state index is 5.77. The Balaban J connectivity index is 2.51. The predicted molar refractivity (Wildman–Crippen MR) is 57.6 cm³/mol. The van der Waals surface area contributed by atoms with E-state index in [9.17, 15) is 0 Å². The minimum Gasteiger partial charge on any atom is -0.368 e. The summed E-state index contributed by atoms with van der Waals surface area (Å²) in [5.41, 5.74) is 5.43. The number of nitrogens with two attached hydrogens (primary N) is 1. The van der Waals surface area contributed by atoms with E-state index in [1.165, 1.54) is 11.3 Å². The molecule has 7 heteroatoms. The smallest absolute Gasteiger partial charge is 0.227 e. The lowest BCUT2D eigenvalue weighted by Crippen LogP contribution is -1.98. The van der Waals surface area contributed by atoms with Crippen molar-refractivity contribution in [3.8, 4) is 10.7 Å². The molecule has 2 aromatic rings. The Labute approximate surface area is 93.7 Å². The van der Waals surface area contributed by atoms with Crippen LogP contribution in [-0.4, -0.2) is 15.0 Å². The maximum Gasteiger partial charge on any atom is 0.227 e. The fraction of sp³-hybridized carbons (Fsp3) is 0. The molecule has 0 saturated heterocycles. The van der Waals surface area contributed by atoms with Crippen LogP contribution < -0.4 is 5.73 Å². The molecule has 0 spiro atoms. The zero-order chi connectivity index (χ0) is 10.1. The SMILES string of the molecule is Nc1nc(Cl)nc(-c2ccc(Cl)s2)n1. The van der Waals surface area contributed by atoms with E-state index in [-0.39, 0.29) is 11.2 Å². The molecule has 4 nitrogen and oxygen atoms in total. The second kappa shape index (κ2) is 3.68. The summed E-state index contributed by atoms with van der Waals surface area (Å²) in [6, 6.07) is 3.56. The van der Waals surface area contributed by atoms with Crippen LogP contribution in [0, 0.1) is 0 Å². The fourth-order valence-corrected chi connectivity index (χ4v) is 2.05. The average molecular weight is 247 g/mol. The van der Waals surface area contributed by atoms with E-state index in [1.807, 2.05) is 0 Å². The minimum atomic E-state index is 0.0806. The first kappa shape index (κ1) is 9.64. The van der Waals surface area contributed by atoms with Crippen molar-refractivity contribution in [1.82, 2.24) is 15.0 Å². The third kappa shape index (κ3) is 1.95. The molecule has 0 fully saturated rings. The molecular weight excluding hydrogens is 243 g/mol. The highest BCUT2D eigenvalue weighted by atomic mass is 35.5. The van der Waals surface area contributed by atoms with Crippen LogP contribution in [-0.2, 0) is 0 Å². The molecule has 72 valence electrons. The molecule has 0 aliphatic heterocycles. The van der Waals surface area contributed by atoms with Gasteiger partial charge in [-0.15, -0.1) is 11.3 Å². The second-order valence-electron chi connectivity index (χ2n) is 2.39. The standard InChI is InChI=1S/C7H4Cl2N4S/c8-4-2-1-3(14-4)5-11-6(9)13-7(10)12-5/h1-2H,(H2,10,11,12,13). The number of anilines is 1. The first-order chi connectivity index (χ1) is 6.65. The van der Waals surface area contributed by atoms with Crippen molar-refractivity contribution in [3.63, 3.8) is 0 Å². The zero-order valence-corrected chi connectivity index (χ0v) is 9.07. The minimum absolute atomic E-state index is 0.0806. The normalized spacial score (nSPS) is 10.4. The Bertz CT molecular complexity index is 450. The van der Waals surface area contributed by atoms with Gasteiger partial charge in [-0.2, -0.15) is 15.0 Å². The van der Waals surface area contributed by atoms with Crippen LogP contribution in [0.3, 0.4) is 0 Å². The van der Waals surface area contributed by atoms with Crippen molar-refractivity contribution in [1.29, 1.82) is 0 Å². The maximum absolute atomic E-state index is 5.77. The number of nitrogens with zero attached hydrogens (tertiary/aromatic N) is 3. The van der Waals surface area contributed by atoms with Crippen LogP contribution in [0.15, 0.2) is 12.1 Å². The molecule has 2 N–H and O–H groups in total. The number of hydrogen-bond acceptors (Lipinski definition) is 5. The van der Waals surface area contributed by atoms with Gasteiger partial charge in [0.1, 0.15) is 0 Å². The summed E-state index contributed by atoms with van der Waals surface area (Å²) in [6.45, 7) is 0. The van der Waals surface area contributed by atoms with Gasteiger partial charge < -0.3 is 5.73 Å². The summed E-state index contributed by atoms with van der Waals surface area (Å²) in [6.07, 6.45) is 0. The predicted octanol–water partition coefficient (Wildman–Crippen LogP) is 2.49. The highest BCUT2D eigenvalue weighted by Crippen LogP contribution is 2.29. The van der Waals surface area contributed by atoms with Crippen LogP contribution in [0.5, 0.6) is 0 Å². The van der Waals surface area contributed by atoms with E-state index in [0.29, 0.717) is 10.2 Å². The number of nitrogen functional groups attached to an aromatic ring is 1. The topological polar surface area (TPSA) is 64.7 Å². The summed E-state index contributed by atoms with van der Waals surface area (Å²) in [5.74, 6) is 0.545. The highest BCUT2D eigenvalue weighted by molar-refractivity contribution is 7.19. The molecule has 0 aliphatic carbocycles. The number of rotatable bonds is 1. The monoisotopic (exact) mass is 246 g/mol. The van der Waals surface area contributed by atoms with Crippen LogP contribution in [0.4, 0.5) is 5.95 Å². The highest BCUT2D eigenvalue weighted by Gasteiger charge is 2.07. The Kier molecular flexibility index (Phi) is 2.54. The van der Waals surface area contributed by atoms with Crippen molar-refractivity contribution in [2.45, 2.75) is 0 Å². The zero-order valence-electron chi connectivity index (χ0n) is 6.74. The Morgan fingerprint density at radius 1 is 1.14 bits per heavy atom. The van der Waals surface area contributed by atoms with Gasteiger partial charge in [0.25, 0.3) is 0 Å². The molecule has 0 aliphatic rings. The second-order valence-corrected chi connectivity index (χ2v) is 4.44. The van der Waals surface area contributed by atoms with Crippen LogP contribution in [0.2, 0.25) is 9.62 Å². The number of aromatic nitrogens is 3. The summed E-state index contributed by atoms with van der Waals surface area (Å²) in [5, 5.41) is 0.0806. The Morgan fingerprint density at radius 3 is 2.50 bits per heavy atom. The molecule has 0 aromatic carbocycles. The van der Waals surface area contributed by atoms with Gasteiger partial charge in [-0.3, -0.25) is 0 Å². The lowest BCUT2D eigenvalue weighted by molar-refractivity contribution is 1.08. The van der Waals surface area contributed by atoms with E-state index in [2.05, 4.69) is 15.0 Å². The van der Waals surface area contributed by atoms with E-state index in [0.717, 1.165) is 4.88 Å². The first-order valence-corrected chi connectivity index (χ1v) is 5.15. The van der Waals surface area contributed by atoms with E-state index >= 15 is 0 Å². The van der Waals surface area contributed by atoms with Crippen LogP contribution in [0.1, 0.15) is 0 Å². The number of halogens is 2. The third-order valence-electron chi connectivity index (χ3n) is 1.42. The van der Waals surface area contributed by atoms with Crippen molar-refractivity contribution >= 4 is 40.5 Å². The first-order valence-electron chi connectivity index (χ1n) is 3.58. The molecule has 14 heavy (non-hydrogen) atoms. The summed E-state index contributed by atoms with van der Waals surface area (Å²) in [7, 11) is 0. The van der Waals surface area contributed by atoms with Gasteiger partial charge in [-0.05, 0) is 23.7 Å². The van der Waals surface area contributed by atoms with Crippen molar-refractivity contribution in [2.24, 2.45) is 0 Å². The molecule has 2 aromatic heterocycles. The number of thiophene rings is 1. The van der Waals surface area contributed by atoms with Gasteiger partial charge in [-0.25, -0.2) is 0 Å². The molecule has 0 unspecified atom stereocenters. The van der Waals surface area contributed by atoms with Crippen molar-refractivity contribution in [3.05, 3.63) is 21.8 Å². The summed E-state index contributed by atoms with van der Waals surface area (Å²) < 4.78 is 0.662. The lowest BCUT2D eigenvalue weighted by atomic mass is 10.4. The quantitative estimate of drug-likeness (QED) is 0.840. The van der Waals surface area contributed by atoms with Gasteiger partial charge in [0, 0.05) is 0 Å². The van der Waals surface area contributed by atoms with Crippen LogP contribution >= 0.6 is 34.5 Å². The molecule has 0 atom stereocenters. The molecule has 0 saturated carbocycles. The fourth-order valence-electron chi connectivity index (χ4n) is 0.910. The van der Waals surface area contributed by atoms with Crippen molar-refractivity contribution < 1.29 is 0 Å². The molecule has 0 radical (unpaired) electrons. The molecule has 0 bridgehead atoms.